The van der Waals surface area contributed by atoms with Crippen LogP contribution in [0.1, 0.15) is 31.0 Å². The molecule has 0 spiro atoms. The van der Waals surface area contributed by atoms with Gasteiger partial charge in [0.05, 0.1) is 4.47 Å². The molecule has 6 rings (SSSR count). The molecule has 11 nitrogen and oxygen atoms in total. The number of nitrogens with two attached hydrogens (primary N) is 2. The van der Waals surface area contributed by atoms with Crippen LogP contribution < -0.4 is 11.5 Å². The number of halogens is 3. The molecule has 14 heteroatoms. The zero-order valence-corrected chi connectivity index (χ0v) is 23.5. The number of hydrogen-bond acceptors (Lipinski definition) is 9. The molecule has 0 radical (unpaired) electrons. The van der Waals surface area contributed by atoms with Crippen molar-refractivity contribution in [3.8, 4) is 0 Å². The molecule has 6 aromatic rings. The molecule has 0 aliphatic rings. The second kappa shape index (κ2) is 14.0. The Morgan fingerprint density at radius 2 is 1.33 bits per heavy atom. The topological polar surface area (TPSA) is 173 Å². The van der Waals surface area contributed by atoms with E-state index in [-0.39, 0.29) is 19.1 Å². The summed E-state index contributed by atoms with van der Waals surface area (Å²) in [6.07, 6.45) is 0. The molecule has 2 aromatic carbocycles. The van der Waals surface area contributed by atoms with Crippen molar-refractivity contribution in [2.75, 3.05) is 18.5 Å². The fourth-order valence-electron chi connectivity index (χ4n) is 3.58. The van der Waals surface area contributed by atoms with Gasteiger partial charge < -0.3 is 11.5 Å². The quantitative estimate of drug-likeness (QED) is 0.178. The first-order valence-electron chi connectivity index (χ1n) is 11.9. The molecule has 0 unspecified atom stereocenters. The molecule has 0 saturated heterocycles. The van der Waals surface area contributed by atoms with Gasteiger partial charge in [0, 0.05) is 18.3 Å². The summed E-state index contributed by atoms with van der Waals surface area (Å²) < 4.78 is 26.7. The van der Waals surface area contributed by atoms with E-state index < -0.39 is 0 Å². The van der Waals surface area contributed by atoms with Crippen LogP contribution in [0, 0.1) is 11.6 Å². The van der Waals surface area contributed by atoms with Crippen LogP contribution in [0.2, 0.25) is 0 Å². The SMILES string of the molecule is C.C=C(c1cccc(F)c1)c1cc(N)nc2n[nH]nc12.CN=C(C)c1cccc(F)c1.Nc1cc(Br)c2n[nH]nc2n1. The molecule has 216 valence electrons. The lowest BCUT2D eigenvalue weighted by Crippen LogP contribution is -1.96. The molecule has 4 aromatic heterocycles. The van der Waals surface area contributed by atoms with Gasteiger partial charge >= 0.3 is 0 Å². The summed E-state index contributed by atoms with van der Waals surface area (Å²) in [5, 5.41) is 20.5. The fourth-order valence-corrected chi connectivity index (χ4v) is 4.08. The highest BCUT2D eigenvalue weighted by Gasteiger charge is 2.13. The molecular weight excluding hydrogens is 608 g/mol. The Bertz CT molecular complexity index is 1860. The third kappa shape index (κ3) is 7.54. The molecule has 0 atom stereocenters. The van der Waals surface area contributed by atoms with E-state index in [0.717, 1.165) is 15.7 Å². The van der Waals surface area contributed by atoms with Crippen LogP contribution >= 0.6 is 15.9 Å². The van der Waals surface area contributed by atoms with Gasteiger partial charge in [-0.05, 0) is 76.0 Å². The molecule has 0 aliphatic heterocycles. The maximum atomic E-state index is 13.3. The average Bonchev–Trinajstić information content (AvgIpc) is 3.62. The van der Waals surface area contributed by atoms with E-state index in [4.69, 9.17) is 11.5 Å². The molecule has 4 heterocycles. The van der Waals surface area contributed by atoms with E-state index in [2.05, 4.69) is 68.3 Å². The van der Waals surface area contributed by atoms with Crippen LogP contribution in [0.15, 0.2) is 76.7 Å². The van der Waals surface area contributed by atoms with Gasteiger partial charge in [-0.3, -0.25) is 4.99 Å². The first kappa shape index (κ1) is 31.4. The number of hydrogen-bond donors (Lipinski definition) is 4. The van der Waals surface area contributed by atoms with Gasteiger partial charge in [0.2, 0.25) is 11.3 Å². The smallest absolute Gasteiger partial charge is 0.204 e. The van der Waals surface area contributed by atoms with Crippen LogP contribution in [0.3, 0.4) is 0 Å². The van der Waals surface area contributed by atoms with Gasteiger partial charge in [0.15, 0.2) is 0 Å². The molecule has 0 bridgehead atoms. The monoisotopic (exact) mass is 635 g/mol. The number of H-pyrrole nitrogens is 2. The Morgan fingerprint density at radius 1 is 0.810 bits per heavy atom. The Morgan fingerprint density at radius 3 is 1.93 bits per heavy atom. The standard InChI is InChI=1S/C13H10FN5.C9H10FN.C5H4BrN5.CH4/c1-7(8-3-2-4-9(14)5-8)10-6-11(15)16-13-12(10)17-19-18-13;1-7(11-2)8-4-3-5-9(10)6-8;6-2-1-3(7)8-5-4(2)9-11-10-5;/h2-6H,1H2,(H3,15,16,17,18,19);3-6H,1-2H3;1H,(H3,7,8,9,10,11);1H4. The first-order valence-corrected chi connectivity index (χ1v) is 12.7. The van der Waals surface area contributed by atoms with Crippen molar-refractivity contribution in [2.45, 2.75) is 14.4 Å². The highest BCUT2D eigenvalue weighted by Crippen LogP contribution is 2.27. The Balaban J connectivity index is 0.000000182. The predicted molar refractivity (Wildman–Crippen MR) is 166 cm³/mol. The summed E-state index contributed by atoms with van der Waals surface area (Å²) in [4.78, 5) is 11.9. The van der Waals surface area contributed by atoms with Crippen molar-refractivity contribution in [3.63, 3.8) is 0 Å². The maximum Gasteiger partial charge on any atom is 0.204 e. The van der Waals surface area contributed by atoms with Crippen LogP contribution in [-0.2, 0) is 0 Å². The van der Waals surface area contributed by atoms with E-state index in [1.807, 2.05) is 13.0 Å². The number of aromatic nitrogens is 8. The van der Waals surface area contributed by atoms with Gasteiger partial charge in [0.1, 0.15) is 34.3 Å². The van der Waals surface area contributed by atoms with Crippen LogP contribution in [0.5, 0.6) is 0 Å². The van der Waals surface area contributed by atoms with Crippen LogP contribution in [0.4, 0.5) is 20.4 Å². The molecule has 6 N–H and O–H groups in total. The zero-order valence-electron chi connectivity index (χ0n) is 21.9. The lowest BCUT2D eigenvalue weighted by Gasteiger charge is -2.07. The summed E-state index contributed by atoms with van der Waals surface area (Å²) in [5.41, 5.74) is 17.0. The van der Waals surface area contributed by atoms with Crippen molar-refractivity contribution < 1.29 is 8.78 Å². The van der Waals surface area contributed by atoms with E-state index in [0.29, 0.717) is 50.7 Å². The van der Waals surface area contributed by atoms with Crippen molar-refractivity contribution in [3.05, 3.63) is 100 Å². The summed E-state index contributed by atoms with van der Waals surface area (Å²) in [6.45, 7) is 5.83. The van der Waals surface area contributed by atoms with Gasteiger partial charge in [-0.2, -0.15) is 20.6 Å². The number of benzene rings is 2. The lowest BCUT2D eigenvalue weighted by atomic mass is 9.99. The molecule has 0 fully saturated rings. The Hall–Kier alpha value is -5.11. The highest BCUT2D eigenvalue weighted by molar-refractivity contribution is 9.10. The second-order valence-electron chi connectivity index (χ2n) is 8.42. The number of nitrogens with one attached hydrogen (secondary N) is 2. The predicted octanol–water partition coefficient (Wildman–Crippen LogP) is 5.73. The Kier molecular flexibility index (Phi) is 10.5. The van der Waals surface area contributed by atoms with E-state index >= 15 is 0 Å². The maximum absolute atomic E-state index is 13.3. The van der Waals surface area contributed by atoms with Gasteiger partial charge in [-0.25, -0.2) is 18.7 Å². The third-order valence-corrected chi connectivity index (χ3v) is 6.26. The fraction of sp³-hybridized carbons (Fsp3) is 0.107. The Labute approximate surface area is 248 Å². The number of aliphatic imine (C=N–C) groups is 1. The molecule has 0 saturated carbocycles. The summed E-state index contributed by atoms with van der Waals surface area (Å²) in [7, 11) is 1.69. The van der Waals surface area contributed by atoms with E-state index in [1.54, 1.807) is 37.4 Å². The van der Waals surface area contributed by atoms with Crippen LogP contribution in [0.25, 0.3) is 27.9 Å². The van der Waals surface area contributed by atoms with Crippen molar-refractivity contribution >= 4 is 61.2 Å². The largest absolute Gasteiger partial charge is 0.384 e. The normalized spacial score (nSPS) is 10.7. The average molecular weight is 637 g/mol. The lowest BCUT2D eigenvalue weighted by molar-refractivity contribution is 0.627. The molecular formula is C28H28BrF2N11. The minimum absolute atomic E-state index is 0. The van der Waals surface area contributed by atoms with Crippen molar-refractivity contribution in [1.29, 1.82) is 0 Å². The summed E-state index contributed by atoms with van der Waals surface area (Å²) in [5.74, 6) is 0.204. The highest BCUT2D eigenvalue weighted by atomic mass is 79.9. The number of pyridine rings is 2. The minimum Gasteiger partial charge on any atom is -0.384 e. The zero-order chi connectivity index (χ0) is 29.5. The first-order chi connectivity index (χ1) is 19.7. The number of nitrogen functional groups attached to an aromatic ring is 2. The van der Waals surface area contributed by atoms with Crippen LogP contribution in [-0.4, -0.2) is 53.5 Å². The van der Waals surface area contributed by atoms with Gasteiger partial charge in [-0.15, -0.1) is 10.2 Å². The number of aromatic amines is 2. The molecule has 0 aliphatic carbocycles. The van der Waals surface area contributed by atoms with E-state index in [9.17, 15) is 8.78 Å². The third-order valence-electron chi connectivity index (χ3n) is 5.65. The summed E-state index contributed by atoms with van der Waals surface area (Å²) >= 11 is 3.28. The summed E-state index contributed by atoms with van der Waals surface area (Å²) in [6, 6.07) is 15.9. The van der Waals surface area contributed by atoms with E-state index in [1.165, 1.54) is 24.3 Å². The van der Waals surface area contributed by atoms with Crippen molar-refractivity contribution in [1.82, 2.24) is 40.8 Å². The second-order valence-corrected chi connectivity index (χ2v) is 9.28. The minimum atomic E-state index is -0.322. The number of fused-ring (bicyclic) bond motifs is 2. The van der Waals surface area contributed by atoms with Gasteiger partial charge in [0.25, 0.3) is 0 Å². The van der Waals surface area contributed by atoms with Crippen molar-refractivity contribution in [2.24, 2.45) is 4.99 Å². The van der Waals surface area contributed by atoms with Gasteiger partial charge in [-0.1, -0.05) is 38.3 Å². The number of anilines is 2. The number of rotatable bonds is 3. The molecule has 0 amide bonds. The number of nitrogens with zero attached hydrogens (tertiary/aromatic N) is 7. The molecule has 42 heavy (non-hydrogen) atoms.